The van der Waals surface area contributed by atoms with Gasteiger partial charge in [0.05, 0.1) is 12.1 Å². The van der Waals surface area contributed by atoms with Gasteiger partial charge in [-0.15, -0.1) is 10.2 Å². The van der Waals surface area contributed by atoms with Gasteiger partial charge in [0.15, 0.2) is 5.69 Å². The third kappa shape index (κ3) is 4.50. The molecule has 5 rings (SSSR count). The third-order valence-corrected chi connectivity index (χ3v) is 6.55. The smallest absolute Gasteiger partial charge is 0.272 e. The summed E-state index contributed by atoms with van der Waals surface area (Å²) in [7, 11) is 0. The number of nitrogens with zero attached hydrogens (tertiary/aromatic N) is 5. The lowest BCUT2D eigenvalue weighted by atomic mass is 10.1. The topological polar surface area (TPSA) is 77.6 Å². The normalized spacial score (nSPS) is 13.6. The summed E-state index contributed by atoms with van der Waals surface area (Å²) >= 11 is 6.11. The fraction of sp³-hybridized carbons (Fsp3) is 0.360. The molecule has 0 bridgehead atoms. The Kier molecular flexibility index (Phi) is 6.13. The van der Waals surface area contributed by atoms with Crippen LogP contribution in [-0.2, 0) is 25.9 Å². The van der Waals surface area contributed by atoms with Crippen molar-refractivity contribution in [2.45, 2.75) is 52.1 Å². The molecule has 0 saturated carbocycles. The molecule has 0 fully saturated rings. The van der Waals surface area contributed by atoms with Crippen molar-refractivity contribution in [2.24, 2.45) is 0 Å². The Labute approximate surface area is 197 Å². The predicted molar refractivity (Wildman–Crippen MR) is 129 cm³/mol. The molecule has 8 heteroatoms. The Bertz CT molecular complexity index is 1310. The number of para-hydroxylation sites is 1. The minimum Gasteiger partial charge on any atom is -0.350 e. The van der Waals surface area contributed by atoms with Crippen LogP contribution in [0.1, 0.15) is 52.5 Å². The second-order valence-corrected chi connectivity index (χ2v) is 9.03. The molecule has 170 valence electrons. The van der Waals surface area contributed by atoms with Gasteiger partial charge in [0.1, 0.15) is 11.6 Å². The van der Waals surface area contributed by atoms with Crippen molar-refractivity contribution >= 4 is 28.4 Å². The first-order valence-electron chi connectivity index (χ1n) is 11.5. The molecule has 0 aliphatic carbocycles. The van der Waals surface area contributed by atoms with Crippen LogP contribution in [-0.4, -0.2) is 37.0 Å². The predicted octanol–water partition coefficient (Wildman–Crippen LogP) is 4.34. The molecule has 3 heterocycles. The van der Waals surface area contributed by atoms with E-state index in [9.17, 15) is 4.79 Å². The van der Waals surface area contributed by atoms with Crippen LogP contribution in [0.15, 0.2) is 42.5 Å². The maximum atomic E-state index is 13.1. The highest BCUT2D eigenvalue weighted by Crippen LogP contribution is 2.22. The summed E-state index contributed by atoms with van der Waals surface area (Å²) in [5, 5.41) is 18.0. The molecule has 1 amide bonds. The number of benzene rings is 2. The first kappa shape index (κ1) is 21.6. The van der Waals surface area contributed by atoms with E-state index in [1.807, 2.05) is 54.1 Å². The zero-order valence-electron chi connectivity index (χ0n) is 18.7. The number of hydrogen-bond donors (Lipinski definition) is 1. The average molecular weight is 463 g/mol. The number of carbonyl (C=O) groups is 1. The van der Waals surface area contributed by atoms with Gasteiger partial charge in [-0.3, -0.25) is 9.48 Å². The van der Waals surface area contributed by atoms with E-state index < -0.39 is 0 Å². The highest BCUT2D eigenvalue weighted by molar-refractivity contribution is 6.30. The van der Waals surface area contributed by atoms with Crippen LogP contribution < -0.4 is 5.32 Å². The Hall–Kier alpha value is -3.19. The number of aryl methyl sites for hydroxylation is 2. The fourth-order valence-corrected chi connectivity index (χ4v) is 4.74. The first-order valence-corrected chi connectivity index (χ1v) is 11.9. The maximum absolute atomic E-state index is 13.1. The highest BCUT2D eigenvalue weighted by Gasteiger charge is 2.19. The molecule has 0 saturated heterocycles. The van der Waals surface area contributed by atoms with E-state index in [4.69, 9.17) is 11.6 Å². The van der Waals surface area contributed by atoms with Crippen LogP contribution in [0.25, 0.3) is 10.9 Å². The Morgan fingerprint density at radius 3 is 2.88 bits per heavy atom. The SMILES string of the molecule is Cc1cc(Cl)ccc1Cn1nc(C(=O)NCCc2nnc3n2CCCCC3)c2ccccc21. The summed E-state index contributed by atoms with van der Waals surface area (Å²) in [5.74, 6) is 1.84. The summed E-state index contributed by atoms with van der Waals surface area (Å²) < 4.78 is 4.11. The lowest BCUT2D eigenvalue weighted by molar-refractivity contribution is 0.0949. The van der Waals surface area contributed by atoms with Crippen molar-refractivity contribution in [3.05, 3.63) is 76.0 Å². The molecule has 1 N–H and O–H groups in total. The van der Waals surface area contributed by atoms with Crippen LogP contribution in [0, 0.1) is 6.92 Å². The molecular weight excluding hydrogens is 436 g/mol. The van der Waals surface area contributed by atoms with Crippen molar-refractivity contribution in [2.75, 3.05) is 6.54 Å². The quantitative estimate of drug-likeness (QED) is 0.462. The molecule has 0 unspecified atom stereocenters. The van der Waals surface area contributed by atoms with Gasteiger partial charge in [-0.25, -0.2) is 0 Å². The average Bonchev–Trinajstić information content (AvgIpc) is 3.28. The number of amides is 1. The van der Waals surface area contributed by atoms with Gasteiger partial charge in [-0.2, -0.15) is 5.10 Å². The second kappa shape index (κ2) is 9.35. The van der Waals surface area contributed by atoms with Gasteiger partial charge in [0.2, 0.25) is 0 Å². The highest BCUT2D eigenvalue weighted by atomic mass is 35.5. The van der Waals surface area contributed by atoms with Gasteiger partial charge in [0.25, 0.3) is 5.91 Å². The van der Waals surface area contributed by atoms with Gasteiger partial charge in [0, 0.05) is 36.3 Å². The third-order valence-electron chi connectivity index (χ3n) is 6.32. The van der Waals surface area contributed by atoms with E-state index in [-0.39, 0.29) is 5.91 Å². The molecule has 33 heavy (non-hydrogen) atoms. The van der Waals surface area contributed by atoms with Crippen molar-refractivity contribution in [1.29, 1.82) is 0 Å². The number of rotatable bonds is 6. The van der Waals surface area contributed by atoms with E-state index in [1.54, 1.807) is 0 Å². The summed E-state index contributed by atoms with van der Waals surface area (Å²) in [6.45, 7) is 4.06. The van der Waals surface area contributed by atoms with Crippen molar-refractivity contribution in [3.8, 4) is 0 Å². The van der Waals surface area contributed by atoms with Crippen LogP contribution in [0.2, 0.25) is 5.02 Å². The molecule has 0 spiro atoms. The van der Waals surface area contributed by atoms with Gasteiger partial charge in [-0.05, 0) is 49.1 Å². The summed E-state index contributed by atoms with van der Waals surface area (Å²) in [5.41, 5.74) is 3.59. The maximum Gasteiger partial charge on any atom is 0.272 e. The number of nitrogens with one attached hydrogen (secondary N) is 1. The van der Waals surface area contributed by atoms with E-state index in [2.05, 4.69) is 25.2 Å². The Morgan fingerprint density at radius 2 is 2.00 bits per heavy atom. The summed E-state index contributed by atoms with van der Waals surface area (Å²) in [6.07, 6.45) is 5.18. The number of fused-ring (bicyclic) bond motifs is 2. The zero-order chi connectivity index (χ0) is 22.8. The summed E-state index contributed by atoms with van der Waals surface area (Å²) in [4.78, 5) is 13.1. The zero-order valence-corrected chi connectivity index (χ0v) is 19.5. The van der Waals surface area contributed by atoms with E-state index in [1.165, 1.54) is 12.8 Å². The molecule has 4 aromatic rings. The molecular formula is C25H27ClN6O. The van der Waals surface area contributed by atoms with E-state index >= 15 is 0 Å². The summed E-state index contributed by atoms with van der Waals surface area (Å²) in [6, 6.07) is 13.7. The minimum absolute atomic E-state index is 0.173. The monoisotopic (exact) mass is 462 g/mol. The first-order chi connectivity index (χ1) is 16.1. The van der Waals surface area contributed by atoms with Crippen LogP contribution in [0.4, 0.5) is 0 Å². The van der Waals surface area contributed by atoms with Crippen LogP contribution in [0.5, 0.6) is 0 Å². The van der Waals surface area contributed by atoms with E-state index in [0.717, 1.165) is 53.1 Å². The van der Waals surface area contributed by atoms with Crippen molar-refractivity contribution < 1.29 is 4.79 Å². The Morgan fingerprint density at radius 1 is 1.12 bits per heavy atom. The van der Waals surface area contributed by atoms with Crippen molar-refractivity contribution in [3.63, 3.8) is 0 Å². The van der Waals surface area contributed by atoms with Gasteiger partial charge >= 0.3 is 0 Å². The second-order valence-electron chi connectivity index (χ2n) is 8.59. The molecule has 7 nitrogen and oxygen atoms in total. The molecule has 2 aromatic heterocycles. The Balaban J connectivity index is 1.32. The number of hydrogen-bond acceptors (Lipinski definition) is 4. The lowest BCUT2D eigenvalue weighted by Crippen LogP contribution is -2.27. The molecule has 2 aromatic carbocycles. The largest absolute Gasteiger partial charge is 0.350 e. The van der Waals surface area contributed by atoms with Gasteiger partial charge < -0.3 is 9.88 Å². The lowest BCUT2D eigenvalue weighted by Gasteiger charge is -2.08. The fourth-order valence-electron chi connectivity index (χ4n) is 4.52. The standard InChI is InChI=1S/C25H27ClN6O/c1-17-15-19(26)11-10-18(17)16-32-21-8-5-4-7-20(21)24(30-32)25(33)27-13-12-23-29-28-22-9-3-2-6-14-31(22)23/h4-5,7-8,10-11,15H,2-3,6,9,12-14,16H2,1H3,(H,27,33). The molecule has 1 aliphatic rings. The molecule has 0 radical (unpaired) electrons. The number of carbonyl (C=O) groups excluding carboxylic acids is 1. The van der Waals surface area contributed by atoms with E-state index in [0.29, 0.717) is 30.2 Å². The minimum atomic E-state index is -0.173. The van der Waals surface area contributed by atoms with Crippen LogP contribution in [0.3, 0.4) is 0 Å². The number of halogens is 1. The number of aromatic nitrogens is 5. The van der Waals surface area contributed by atoms with Crippen LogP contribution >= 0.6 is 11.6 Å². The molecule has 1 aliphatic heterocycles. The van der Waals surface area contributed by atoms with Crippen molar-refractivity contribution in [1.82, 2.24) is 29.9 Å². The van der Waals surface area contributed by atoms with Gasteiger partial charge in [-0.1, -0.05) is 42.3 Å². The molecule has 0 atom stereocenters.